The molecule has 0 atom stereocenters. The van der Waals surface area contributed by atoms with Gasteiger partial charge in [0.2, 0.25) is 0 Å². The molecular formula is C18H19B2. The number of hydrogen-bond donors (Lipinski definition) is 0. The molecule has 1 aliphatic rings. The average Bonchev–Trinajstić information content (AvgIpc) is 2.76. The van der Waals surface area contributed by atoms with Crippen LogP contribution >= 0.6 is 0 Å². The van der Waals surface area contributed by atoms with E-state index in [-0.39, 0.29) is 5.41 Å². The second-order valence-electron chi connectivity index (χ2n) is 5.69. The molecule has 20 heavy (non-hydrogen) atoms. The van der Waals surface area contributed by atoms with Crippen molar-refractivity contribution in [1.29, 1.82) is 0 Å². The maximum Gasteiger partial charge on any atom is 0.148 e. The van der Waals surface area contributed by atoms with E-state index in [2.05, 4.69) is 58.3 Å². The second kappa shape index (κ2) is 4.84. The molecule has 0 fully saturated rings. The lowest BCUT2D eigenvalue weighted by Crippen LogP contribution is -2.26. The second-order valence-corrected chi connectivity index (χ2v) is 5.69. The first-order valence-electron chi connectivity index (χ1n) is 7.50. The first-order valence-corrected chi connectivity index (χ1v) is 7.50. The molecule has 0 aliphatic heterocycles. The van der Waals surface area contributed by atoms with Gasteiger partial charge in [-0.15, -0.1) is 0 Å². The van der Waals surface area contributed by atoms with Crippen molar-refractivity contribution >= 4 is 26.1 Å². The van der Waals surface area contributed by atoms with E-state index in [0.717, 1.165) is 18.3 Å². The molecule has 0 unspecified atom stereocenters. The molecule has 0 nitrogen and oxygen atoms in total. The van der Waals surface area contributed by atoms with Crippen LogP contribution in [0.3, 0.4) is 0 Å². The van der Waals surface area contributed by atoms with Crippen molar-refractivity contribution in [3.8, 4) is 11.1 Å². The van der Waals surface area contributed by atoms with Crippen LogP contribution in [-0.4, -0.2) is 15.1 Å². The van der Waals surface area contributed by atoms with Crippen molar-refractivity contribution in [3.05, 3.63) is 47.5 Å². The lowest BCUT2D eigenvalue weighted by Gasteiger charge is -2.30. The number of benzene rings is 2. The Morgan fingerprint density at radius 1 is 0.950 bits per heavy atom. The first-order chi connectivity index (χ1) is 9.66. The Hall–Kier alpha value is -1.43. The van der Waals surface area contributed by atoms with E-state index in [0.29, 0.717) is 0 Å². The van der Waals surface area contributed by atoms with Crippen molar-refractivity contribution in [1.82, 2.24) is 0 Å². The summed E-state index contributed by atoms with van der Waals surface area (Å²) in [6.45, 7) is 6.67. The van der Waals surface area contributed by atoms with E-state index >= 15 is 0 Å². The third-order valence-electron chi connectivity index (χ3n) is 4.95. The Morgan fingerprint density at radius 2 is 1.55 bits per heavy atom. The van der Waals surface area contributed by atoms with Crippen LogP contribution in [-0.2, 0) is 5.41 Å². The molecule has 0 N–H and O–H groups in total. The van der Waals surface area contributed by atoms with Crippen molar-refractivity contribution < 1.29 is 0 Å². The minimum absolute atomic E-state index is 0.124. The average molecular weight is 257 g/mol. The maximum absolute atomic E-state index is 6.05. The lowest BCUT2D eigenvalue weighted by atomic mass is 9.68. The first kappa shape index (κ1) is 13.5. The Morgan fingerprint density at radius 3 is 2.15 bits per heavy atom. The fourth-order valence-corrected chi connectivity index (χ4v) is 3.72. The summed E-state index contributed by atoms with van der Waals surface area (Å²) in [6.07, 6.45) is 2.22. The highest BCUT2D eigenvalue weighted by Crippen LogP contribution is 2.51. The van der Waals surface area contributed by atoms with Gasteiger partial charge in [0.1, 0.15) is 15.1 Å². The number of fused-ring (bicyclic) bond motifs is 3. The molecule has 0 bridgehead atoms. The standard InChI is InChI=1S/C18H19B2/c1-4-18(5-2)16-10-12(19)6-8-14(16)15-9-7-13(20-3)11-17(15)18/h6-11H,4-5H2,1-3H3. The van der Waals surface area contributed by atoms with Gasteiger partial charge in [0, 0.05) is 5.41 Å². The van der Waals surface area contributed by atoms with Gasteiger partial charge in [-0.3, -0.25) is 0 Å². The normalized spacial score (nSPS) is 14.8. The van der Waals surface area contributed by atoms with Crippen LogP contribution in [0.15, 0.2) is 36.4 Å². The van der Waals surface area contributed by atoms with Crippen molar-refractivity contribution in [2.24, 2.45) is 0 Å². The zero-order valence-electron chi connectivity index (χ0n) is 12.5. The minimum Gasteiger partial charge on any atom is -0.0963 e. The zero-order valence-corrected chi connectivity index (χ0v) is 12.5. The Kier molecular flexibility index (Phi) is 3.28. The summed E-state index contributed by atoms with van der Waals surface area (Å²) in [7, 11) is 8.22. The van der Waals surface area contributed by atoms with Crippen molar-refractivity contribution in [3.63, 3.8) is 0 Å². The molecule has 0 heterocycles. The van der Waals surface area contributed by atoms with Crippen LogP contribution in [0.5, 0.6) is 0 Å². The van der Waals surface area contributed by atoms with Gasteiger partial charge in [-0.05, 0) is 35.1 Å². The third kappa shape index (κ3) is 1.70. The predicted octanol–water partition coefficient (Wildman–Crippen LogP) is 2.94. The van der Waals surface area contributed by atoms with Crippen LogP contribution in [0.1, 0.15) is 37.8 Å². The Bertz CT molecular complexity index is 654. The van der Waals surface area contributed by atoms with E-state index < -0.39 is 0 Å². The molecule has 0 saturated heterocycles. The summed E-state index contributed by atoms with van der Waals surface area (Å²) >= 11 is 0. The number of rotatable bonds is 3. The molecule has 0 spiro atoms. The predicted molar refractivity (Wildman–Crippen MR) is 89.9 cm³/mol. The SMILES string of the molecule is [B]c1ccc2c(c1)C(CC)(CC)c1cc([B]C)ccc1-2. The van der Waals surface area contributed by atoms with Gasteiger partial charge < -0.3 is 0 Å². The van der Waals surface area contributed by atoms with E-state index in [1.54, 1.807) is 0 Å². The van der Waals surface area contributed by atoms with E-state index in [1.165, 1.54) is 27.7 Å². The molecule has 0 saturated carbocycles. The Labute approximate surface area is 124 Å². The van der Waals surface area contributed by atoms with Crippen LogP contribution in [0.4, 0.5) is 0 Å². The molecule has 2 aromatic rings. The van der Waals surface area contributed by atoms with Crippen molar-refractivity contribution in [2.45, 2.75) is 38.9 Å². The van der Waals surface area contributed by atoms with Gasteiger partial charge in [0.05, 0.1) is 0 Å². The van der Waals surface area contributed by atoms with E-state index in [1.807, 2.05) is 6.07 Å². The smallest absolute Gasteiger partial charge is 0.0963 e. The fraction of sp³-hybridized carbons (Fsp3) is 0.333. The highest BCUT2D eigenvalue weighted by Gasteiger charge is 2.40. The highest BCUT2D eigenvalue weighted by atomic mass is 14.4. The number of hydrogen-bond acceptors (Lipinski definition) is 0. The zero-order chi connectivity index (χ0) is 14.3. The summed E-state index contributed by atoms with van der Waals surface area (Å²) in [6, 6.07) is 13.2. The summed E-state index contributed by atoms with van der Waals surface area (Å²) in [5, 5.41) is 0. The van der Waals surface area contributed by atoms with E-state index in [4.69, 9.17) is 7.85 Å². The molecule has 3 radical (unpaired) electrons. The van der Waals surface area contributed by atoms with Crippen LogP contribution < -0.4 is 10.9 Å². The molecule has 3 rings (SSSR count). The monoisotopic (exact) mass is 257 g/mol. The molecular weight excluding hydrogens is 238 g/mol. The molecule has 2 heteroatoms. The third-order valence-corrected chi connectivity index (χ3v) is 4.95. The largest absolute Gasteiger partial charge is 0.148 e. The topological polar surface area (TPSA) is 0 Å². The summed E-state index contributed by atoms with van der Waals surface area (Å²) in [5.74, 6) is 0. The van der Waals surface area contributed by atoms with E-state index in [9.17, 15) is 0 Å². The lowest BCUT2D eigenvalue weighted by molar-refractivity contribution is 0.491. The fourth-order valence-electron chi connectivity index (χ4n) is 3.72. The van der Waals surface area contributed by atoms with Gasteiger partial charge in [0.15, 0.2) is 0 Å². The molecule has 97 valence electrons. The molecule has 2 aromatic carbocycles. The van der Waals surface area contributed by atoms with Crippen LogP contribution in [0.25, 0.3) is 11.1 Å². The quantitative estimate of drug-likeness (QED) is 0.741. The molecule has 0 aromatic heterocycles. The van der Waals surface area contributed by atoms with Gasteiger partial charge in [-0.1, -0.05) is 68.0 Å². The van der Waals surface area contributed by atoms with Crippen molar-refractivity contribution in [2.75, 3.05) is 0 Å². The van der Waals surface area contributed by atoms with Crippen LogP contribution in [0, 0.1) is 0 Å². The van der Waals surface area contributed by atoms with Crippen LogP contribution in [0.2, 0.25) is 6.82 Å². The van der Waals surface area contributed by atoms with Gasteiger partial charge in [-0.2, -0.15) is 0 Å². The molecule has 1 aliphatic carbocycles. The highest BCUT2D eigenvalue weighted by molar-refractivity contribution is 6.52. The summed E-state index contributed by atoms with van der Waals surface area (Å²) < 4.78 is 0. The van der Waals surface area contributed by atoms with Gasteiger partial charge >= 0.3 is 0 Å². The Balaban J connectivity index is 2.34. The summed E-state index contributed by atoms with van der Waals surface area (Å²) in [4.78, 5) is 0. The van der Waals surface area contributed by atoms with Gasteiger partial charge in [-0.25, -0.2) is 0 Å². The maximum atomic E-state index is 6.05. The minimum atomic E-state index is 0.124. The summed E-state index contributed by atoms with van der Waals surface area (Å²) in [5.41, 5.74) is 7.92. The molecule has 0 amide bonds. The van der Waals surface area contributed by atoms with Gasteiger partial charge in [0.25, 0.3) is 0 Å².